The maximum absolute atomic E-state index is 12.2. The Morgan fingerprint density at radius 1 is 0.846 bits per heavy atom. The normalized spacial score (nSPS) is 12.6. The zero-order chi connectivity index (χ0) is 37.3. The van der Waals surface area contributed by atoms with E-state index in [9.17, 15) is 9.90 Å². The van der Waals surface area contributed by atoms with Crippen LogP contribution in [0.25, 0.3) is 52.6 Å². The Morgan fingerprint density at radius 2 is 1.50 bits per heavy atom. The Kier molecular flexibility index (Phi) is 13.2. The molecule has 0 aliphatic carbocycles. The second-order valence-electron chi connectivity index (χ2n) is 15.5. The smallest absolute Gasteiger partial charge is 0.164 e. The molecule has 0 spiro atoms. The number of carbonyl (C=O) groups is 1. The van der Waals surface area contributed by atoms with Gasteiger partial charge in [-0.25, -0.2) is 0 Å². The molecule has 0 atom stereocenters. The van der Waals surface area contributed by atoms with Gasteiger partial charge in [-0.05, 0) is 79.0 Å². The van der Waals surface area contributed by atoms with Crippen LogP contribution in [0.2, 0.25) is 0 Å². The van der Waals surface area contributed by atoms with E-state index in [0.717, 1.165) is 42.3 Å². The maximum atomic E-state index is 12.2. The van der Waals surface area contributed by atoms with Crippen molar-refractivity contribution in [3.8, 4) is 21.7 Å². The van der Waals surface area contributed by atoms with E-state index in [0.29, 0.717) is 0 Å². The van der Waals surface area contributed by atoms with Crippen molar-refractivity contribution in [1.82, 2.24) is 4.98 Å². The number of aromatic nitrogens is 1. The predicted octanol–water partition coefficient (Wildman–Crippen LogP) is 14.4. The minimum atomic E-state index is -0.337. The van der Waals surface area contributed by atoms with Gasteiger partial charge in [-0.1, -0.05) is 104 Å². The van der Waals surface area contributed by atoms with Gasteiger partial charge in [0.15, 0.2) is 5.78 Å². The fraction of sp³-hybridized carbons (Fsp3) is 0.391. The Labute approximate surface area is 333 Å². The number of fused-ring (bicyclic) bond motifs is 3. The van der Waals surface area contributed by atoms with E-state index in [2.05, 4.69) is 101 Å². The van der Waals surface area contributed by atoms with E-state index in [1.54, 1.807) is 0 Å². The molecule has 3 nitrogen and oxygen atoms in total. The van der Waals surface area contributed by atoms with Crippen molar-refractivity contribution >= 4 is 59.4 Å². The van der Waals surface area contributed by atoms with E-state index in [1.165, 1.54) is 58.8 Å². The van der Waals surface area contributed by atoms with Gasteiger partial charge in [-0.15, -0.1) is 51.8 Å². The van der Waals surface area contributed by atoms with Crippen LogP contribution < -0.4 is 0 Å². The second-order valence-corrected chi connectivity index (χ2v) is 17.5. The molecule has 0 saturated heterocycles. The molecule has 0 fully saturated rings. The first-order valence-electron chi connectivity index (χ1n) is 18.4. The van der Waals surface area contributed by atoms with Crippen LogP contribution in [0.5, 0.6) is 0 Å². The van der Waals surface area contributed by atoms with Crippen LogP contribution in [0.3, 0.4) is 0 Å². The summed E-state index contributed by atoms with van der Waals surface area (Å²) in [5, 5.41) is 17.4. The standard InChI is InChI=1S/C31H26NS2.C15H28O2.Ir/c1-18-17-33-25-12-8-11-23(27(18)25)30-19(2)28-26(34-30)13-14-32-29(28)21-15-20-9-6-7-10-22(20)24(16-21)31(3,4)5;1-7-14(5,8-2)12(16)11-13(17)15(6,9-3)10-4;/h6-14,16-17H,1-5H3;11,16H,7-10H2,1-6H3;/q-1;;/b;12-11-;. The number of thiophene rings is 2. The summed E-state index contributed by atoms with van der Waals surface area (Å²) in [6.45, 7) is 23.4. The van der Waals surface area contributed by atoms with Crippen LogP contribution in [0.15, 0.2) is 78.0 Å². The second kappa shape index (κ2) is 16.5. The van der Waals surface area contributed by atoms with E-state index in [-0.39, 0.29) is 47.9 Å². The average Bonchev–Trinajstić information content (AvgIpc) is 3.69. The third-order valence-corrected chi connectivity index (χ3v) is 13.7. The van der Waals surface area contributed by atoms with Crippen molar-refractivity contribution < 1.29 is 30.0 Å². The molecule has 0 unspecified atom stereocenters. The zero-order valence-electron chi connectivity index (χ0n) is 32.7. The van der Waals surface area contributed by atoms with Crippen LogP contribution in [-0.4, -0.2) is 15.9 Å². The van der Waals surface area contributed by atoms with Crippen LogP contribution in [0.1, 0.15) is 105 Å². The topological polar surface area (TPSA) is 50.2 Å². The first kappa shape index (κ1) is 41.6. The number of pyridine rings is 1. The Balaban J connectivity index is 0.000000289. The molecule has 52 heavy (non-hydrogen) atoms. The van der Waals surface area contributed by atoms with Gasteiger partial charge < -0.3 is 5.11 Å². The molecule has 6 aromatic rings. The number of carbonyl (C=O) groups excluding carboxylic acids is 1. The van der Waals surface area contributed by atoms with Crippen LogP contribution >= 0.6 is 22.7 Å². The third kappa shape index (κ3) is 8.02. The van der Waals surface area contributed by atoms with Crippen molar-refractivity contribution in [2.45, 2.75) is 107 Å². The summed E-state index contributed by atoms with van der Waals surface area (Å²) in [5.41, 5.74) is 6.85. The molecule has 3 heterocycles. The number of ketones is 1. The molecular formula is C46H54IrNO2S2-. The summed E-state index contributed by atoms with van der Waals surface area (Å²) in [4.78, 5) is 18.4. The van der Waals surface area contributed by atoms with Crippen LogP contribution in [-0.2, 0) is 30.3 Å². The first-order valence-corrected chi connectivity index (χ1v) is 20.1. The minimum Gasteiger partial charge on any atom is -0.512 e. The van der Waals surface area contributed by atoms with Gasteiger partial charge in [0.2, 0.25) is 0 Å². The zero-order valence-corrected chi connectivity index (χ0v) is 36.7. The van der Waals surface area contributed by atoms with Gasteiger partial charge in [0.05, 0.1) is 0 Å². The number of hydrogen-bond acceptors (Lipinski definition) is 5. The molecule has 3 aromatic carbocycles. The molecule has 0 aliphatic rings. The number of aliphatic hydroxyl groups excluding tert-OH is 1. The van der Waals surface area contributed by atoms with Crippen molar-refractivity contribution in [2.24, 2.45) is 10.8 Å². The Bertz CT molecular complexity index is 2220. The summed E-state index contributed by atoms with van der Waals surface area (Å²) < 4.78 is 2.63. The van der Waals surface area contributed by atoms with Crippen molar-refractivity contribution in [3.05, 3.63) is 101 Å². The van der Waals surface area contributed by atoms with Crippen LogP contribution in [0, 0.1) is 30.7 Å². The Morgan fingerprint density at radius 3 is 2.13 bits per heavy atom. The molecule has 6 heteroatoms. The summed E-state index contributed by atoms with van der Waals surface area (Å²) in [7, 11) is 0. The summed E-state index contributed by atoms with van der Waals surface area (Å²) in [6, 6.07) is 23.4. The molecule has 0 amide bonds. The average molecular weight is 909 g/mol. The van der Waals surface area contributed by atoms with Gasteiger partial charge >= 0.3 is 0 Å². The molecule has 0 saturated carbocycles. The molecular weight excluding hydrogens is 855 g/mol. The van der Waals surface area contributed by atoms with Crippen molar-refractivity contribution in [1.29, 1.82) is 0 Å². The first-order chi connectivity index (χ1) is 24.1. The molecule has 6 rings (SSSR count). The minimum absolute atomic E-state index is 0. The van der Waals surface area contributed by atoms with Gasteiger partial charge in [-0.3, -0.25) is 9.78 Å². The number of hydrogen-bond donors (Lipinski definition) is 1. The van der Waals surface area contributed by atoms with Crippen molar-refractivity contribution in [2.75, 3.05) is 0 Å². The van der Waals surface area contributed by atoms with Gasteiger partial charge in [-0.2, -0.15) is 0 Å². The number of aliphatic hydroxyl groups is 1. The van der Waals surface area contributed by atoms with E-state index < -0.39 is 0 Å². The van der Waals surface area contributed by atoms with Gasteiger partial charge in [0.25, 0.3) is 0 Å². The third-order valence-electron chi connectivity index (χ3n) is 11.3. The summed E-state index contributed by atoms with van der Waals surface area (Å²) in [6.07, 6.45) is 6.71. The number of rotatable bonds is 9. The molecule has 3 aromatic heterocycles. The van der Waals surface area contributed by atoms with E-state index in [1.807, 2.05) is 70.4 Å². The predicted molar refractivity (Wildman–Crippen MR) is 223 cm³/mol. The number of benzene rings is 3. The number of nitrogens with zero attached hydrogens (tertiary/aromatic N) is 1. The fourth-order valence-electron chi connectivity index (χ4n) is 6.75. The van der Waals surface area contributed by atoms with Gasteiger partial charge in [0.1, 0.15) is 5.76 Å². The van der Waals surface area contributed by atoms with Crippen LogP contribution in [0.4, 0.5) is 0 Å². The molecule has 1 N–H and O–H groups in total. The monoisotopic (exact) mass is 909 g/mol. The summed E-state index contributed by atoms with van der Waals surface area (Å²) >= 11 is 3.70. The van der Waals surface area contributed by atoms with E-state index in [4.69, 9.17) is 4.98 Å². The van der Waals surface area contributed by atoms with Gasteiger partial charge in [0, 0.05) is 74.1 Å². The molecule has 0 bridgehead atoms. The van der Waals surface area contributed by atoms with E-state index >= 15 is 0 Å². The molecule has 1 radical (unpaired) electrons. The maximum Gasteiger partial charge on any atom is 0.164 e. The molecule has 277 valence electrons. The number of aryl methyl sites for hydroxylation is 2. The Hall–Kier alpha value is -3.15. The van der Waals surface area contributed by atoms with Crippen molar-refractivity contribution in [3.63, 3.8) is 0 Å². The SMILES string of the molecule is CCC(C)(CC)C(=O)/C=C(\O)C(C)(CC)CC.Cc1csc2cccc(-c3sc4ccnc(-c5[c-]c6ccccc6c(C(C)(C)C)c5)c4c3C)c12.[Ir]. The summed E-state index contributed by atoms with van der Waals surface area (Å²) in [5.74, 6) is 0.286. The quantitative estimate of drug-likeness (QED) is 0.0893. The fourth-order valence-corrected chi connectivity index (χ4v) is 8.95. The number of allylic oxidation sites excluding steroid dienone is 2. The molecule has 0 aliphatic heterocycles. The largest absolute Gasteiger partial charge is 0.512 e.